The average molecular weight is 205 g/mol. The van der Waals surface area contributed by atoms with Crippen LogP contribution in [0.4, 0.5) is 5.82 Å². The lowest BCUT2D eigenvalue weighted by molar-refractivity contribution is 0.236. The predicted octanol–water partition coefficient (Wildman–Crippen LogP) is 1.59. The quantitative estimate of drug-likeness (QED) is 0.785. The van der Waals surface area contributed by atoms with Crippen molar-refractivity contribution in [1.29, 1.82) is 0 Å². The van der Waals surface area contributed by atoms with E-state index in [0.29, 0.717) is 11.9 Å². The number of hydrogen-bond donors (Lipinski definition) is 2. The topological polar surface area (TPSA) is 50.9 Å². The molecule has 1 atom stereocenters. The summed E-state index contributed by atoms with van der Waals surface area (Å²) in [6.07, 6.45) is 6.83. The smallest absolute Gasteiger partial charge is 0.126 e. The van der Waals surface area contributed by atoms with Crippen molar-refractivity contribution in [2.24, 2.45) is 5.92 Å². The maximum atomic E-state index is 5.84. The highest BCUT2D eigenvalue weighted by atomic mass is 14.9. The SMILES string of the molecule is CNC(Cc1cccnc1N)C1CCC1. The van der Waals surface area contributed by atoms with Crippen LogP contribution >= 0.6 is 0 Å². The highest BCUT2D eigenvalue weighted by molar-refractivity contribution is 5.39. The summed E-state index contributed by atoms with van der Waals surface area (Å²) in [7, 11) is 2.04. The van der Waals surface area contributed by atoms with Gasteiger partial charge in [-0.3, -0.25) is 0 Å². The van der Waals surface area contributed by atoms with Crippen LogP contribution in [0, 0.1) is 5.92 Å². The summed E-state index contributed by atoms with van der Waals surface area (Å²) in [4.78, 5) is 4.12. The molecule has 1 aromatic rings. The molecule has 1 aliphatic carbocycles. The number of pyridine rings is 1. The minimum atomic E-state index is 0.560. The molecule has 1 unspecified atom stereocenters. The van der Waals surface area contributed by atoms with Crippen molar-refractivity contribution in [3.05, 3.63) is 23.9 Å². The molecule has 1 saturated carbocycles. The van der Waals surface area contributed by atoms with Gasteiger partial charge in [0.25, 0.3) is 0 Å². The van der Waals surface area contributed by atoms with Crippen LogP contribution in [0.25, 0.3) is 0 Å². The molecule has 1 heterocycles. The third kappa shape index (κ3) is 2.29. The third-order valence-electron chi connectivity index (χ3n) is 3.46. The van der Waals surface area contributed by atoms with Gasteiger partial charge in [-0.05, 0) is 43.9 Å². The van der Waals surface area contributed by atoms with E-state index >= 15 is 0 Å². The van der Waals surface area contributed by atoms with Gasteiger partial charge in [0.1, 0.15) is 5.82 Å². The Hall–Kier alpha value is -1.09. The molecule has 3 N–H and O–H groups in total. The molecule has 0 aliphatic heterocycles. The first-order valence-corrected chi connectivity index (χ1v) is 5.68. The number of nitrogens with zero attached hydrogens (tertiary/aromatic N) is 1. The molecule has 3 nitrogen and oxygen atoms in total. The molecule has 1 aliphatic rings. The summed E-state index contributed by atoms with van der Waals surface area (Å²) in [5, 5.41) is 3.40. The number of likely N-dealkylation sites (N-methyl/N-ethyl adjacent to an activating group) is 1. The number of anilines is 1. The van der Waals surface area contributed by atoms with Crippen molar-refractivity contribution in [3.63, 3.8) is 0 Å². The lowest BCUT2D eigenvalue weighted by atomic mass is 9.78. The zero-order chi connectivity index (χ0) is 10.7. The number of hydrogen-bond acceptors (Lipinski definition) is 3. The molecule has 1 fully saturated rings. The molecule has 1 aromatic heterocycles. The maximum absolute atomic E-state index is 5.84. The Labute approximate surface area is 91.1 Å². The lowest BCUT2D eigenvalue weighted by Crippen LogP contribution is -2.39. The zero-order valence-corrected chi connectivity index (χ0v) is 9.24. The van der Waals surface area contributed by atoms with Gasteiger partial charge in [0, 0.05) is 12.2 Å². The Morgan fingerprint density at radius 3 is 2.93 bits per heavy atom. The Balaban J connectivity index is 2.02. The normalized spacial score (nSPS) is 18.5. The standard InChI is InChI=1S/C12H19N3/c1-14-11(9-4-2-5-9)8-10-6-3-7-15-12(10)13/h3,6-7,9,11,14H,2,4-5,8H2,1H3,(H2,13,15). The summed E-state index contributed by atoms with van der Waals surface area (Å²) in [5.41, 5.74) is 7.01. The molecule has 0 saturated heterocycles. The number of nitrogen functional groups attached to an aromatic ring is 1. The molecule has 0 spiro atoms. The van der Waals surface area contributed by atoms with Gasteiger partial charge in [0.2, 0.25) is 0 Å². The van der Waals surface area contributed by atoms with Gasteiger partial charge in [-0.1, -0.05) is 12.5 Å². The van der Waals surface area contributed by atoms with Crippen molar-refractivity contribution < 1.29 is 0 Å². The van der Waals surface area contributed by atoms with Crippen LogP contribution in [0.2, 0.25) is 0 Å². The van der Waals surface area contributed by atoms with E-state index in [1.165, 1.54) is 24.8 Å². The largest absolute Gasteiger partial charge is 0.383 e. The van der Waals surface area contributed by atoms with Gasteiger partial charge >= 0.3 is 0 Å². The van der Waals surface area contributed by atoms with E-state index in [-0.39, 0.29) is 0 Å². The fourth-order valence-electron chi connectivity index (χ4n) is 2.21. The maximum Gasteiger partial charge on any atom is 0.126 e. The zero-order valence-electron chi connectivity index (χ0n) is 9.24. The van der Waals surface area contributed by atoms with E-state index in [0.717, 1.165) is 12.3 Å². The Kier molecular flexibility index (Phi) is 3.21. The molecule has 3 heteroatoms. The van der Waals surface area contributed by atoms with Crippen molar-refractivity contribution >= 4 is 5.82 Å². The van der Waals surface area contributed by atoms with Gasteiger partial charge in [-0.15, -0.1) is 0 Å². The van der Waals surface area contributed by atoms with E-state index in [2.05, 4.69) is 16.4 Å². The van der Waals surface area contributed by atoms with Crippen molar-refractivity contribution in [1.82, 2.24) is 10.3 Å². The fraction of sp³-hybridized carbons (Fsp3) is 0.583. The van der Waals surface area contributed by atoms with Crippen LogP contribution in [0.3, 0.4) is 0 Å². The molecular formula is C12H19N3. The first-order chi connectivity index (χ1) is 7.31. The second-order valence-electron chi connectivity index (χ2n) is 4.34. The van der Waals surface area contributed by atoms with Gasteiger partial charge in [-0.2, -0.15) is 0 Å². The molecular weight excluding hydrogens is 186 g/mol. The van der Waals surface area contributed by atoms with E-state index < -0.39 is 0 Å². The van der Waals surface area contributed by atoms with Crippen LogP contribution in [0.15, 0.2) is 18.3 Å². The molecule has 82 valence electrons. The summed E-state index contributed by atoms with van der Waals surface area (Å²) < 4.78 is 0. The monoisotopic (exact) mass is 205 g/mol. The van der Waals surface area contributed by atoms with Gasteiger partial charge in [-0.25, -0.2) is 4.98 Å². The molecule has 15 heavy (non-hydrogen) atoms. The average Bonchev–Trinajstić information content (AvgIpc) is 2.17. The van der Waals surface area contributed by atoms with Crippen molar-refractivity contribution in [3.8, 4) is 0 Å². The van der Waals surface area contributed by atoms with Crippen LogP contribution in [0.1, 0.15) is 24.8 Å². The Bertz CT molecular complexity index is 320. The van der Waals surface area contributed by atoms with Crippen LogP contribution in [0.5, 0.6) is 0 Å². The Morgan fingerprint density at radius 1 is 1.60 bits per heavy atom. The molecule has 0 amide bonds. The lowest BCUT2D eigenvalue weighted by Gasteiger charge is -2.33. The highest BCUT2D eigenvalue weighted by Crippen LogP contribution is 2.31. The van der Waals surface area contributed by atoms with E-state index in [1.807, 2.05) is 13.1 Å². The number of rotatable bonds is 4. The van der Waals surface area contributed by atoms with E-state index in [1.54, 1.807) is 6.20 Å². The number of nitrogens with two attached hydrogens (primary N) is 1. The van der Waals surface area contributed by atoms with Crippen molar-refractivity contribution in [2.75, 3.05) is 12.8 Å². The number of aromatic nitrogens is 1. The van der Waals surface area contributed by atoms with Gasteiger partial charge in [0.05, 0.1) is 0 Å². The number of nitrogens with one attached hydrogen (secondary N) is 1. The second-order valence-corrected chi connectivity index (χ2v) is 4.34. The molecule has 0 aromatic carbocycles. The molecule has 0 radical (unpaired) electrons. The van der Waals surface area contributed by atoms with E-state index in [9.17, 15) is 0 Å². The Morgan fingerprint density at radius 2 is 2.40 bits per heavy atom. The summed E-state index contributed by atoms with van der Waals surface area (Å²) >= 11 is 0. The third-order valence-corrected chi connectivity index (χ3v) is 3.46. The first kappa shape index (κ1) is 10.4. The predicted molar refractivity (Wildman–Crippen MR) is 62.5 cm³/mol. The van der Waals surface area contributed by atoms with Crippen LogP contribution in [-0.2, 0) is 6.42 Å². The van der Waals surface area contributed by atoms with Crippen LogP contribution < -0.4 is 11.1 Å². The molecule has 0 bridgehead atoms. The summed E-state index contributed by atoms with van der Waals surface area (Å²) in [5.74, 6) is 1.51. The highest BCUT2D eigenvalue weighted by Gasteiger charge is 2.26. The van der Waals surface area contributed by atoms with Crippen molar-refractivity contribution in [2.45, 2.75) is 31.7 Å². The minimum Gasteiger partial charge on any atom is -0.383 e. The van der Waals surface area contributed by atoms with Crippen LogP contribution in [-0.4, -0.2) is 18.1 Å². The molecule has 2 rings (SSSR count). The van der Waals surface area contributed by atoms with Gasteiger partial charge in [0.15, 0.2) is 0 Å². The first-order valence-electron chi connectivity index (χ1n) is 5.68. The summed E-state index contributed by atoms with van der Waals surface area (Å²) in [6, 6.07) is 4.59. The summed E-state index contributed by atoms with van der Waals surface area (Å²) in [6.45, 7) is 0. The van der Waals surface area contributed by atoms with E-state index in [4.69, 9.17) is 5.73 Å². The second kappa shape index (κ2) is 4.62. The fourth-order valence-corrected chi connectivity index (χ4v) is 2.21. The minimum absolute atomic E-state index is 0.560. The van der Waals surface area contributed by atoms with Gasteiger partial charge < -0.3 is 11.1 Å².